The van der Waals surface area contributed by atoms with Crippen molar-refractivity contribution < 1.29 is 19.0 Å². The van der Waals surface area contributed by atoms with Gasteiger partial charge in [-0.05, 0) is 18.4 Å². The van der Waals surface area contributed by atoms with Crippen LogP contribution in [0.5, 0.6) is 0 Å². The number of hydrogen-bond donors (Lipinski definition) is 0. The molecule has 0 atom stereocenters. The predicted molar refractivity (Wildman–Crippen MR) is 62.6 cm³/mol. The Morgan fingerprint density at radius 2 is 2.11 bits per heavy atom. The van der Waals surface area contributed by atoms with Crippen molar-refractivity contribution in [3.05, 3.63) is 11.1 Å². The van der Waals surface area contributed by atoms with Gasteiger partial charge in [-0.2, -0.15) is 5.26 Å². The fourth-order valence-electron chi connectivity index (χ4n) is 2.57. The Morgan fingerprint density at radius 3 is 2.72 bits per heavy atom. The monoisotopic (exact) mass is 251 g/mol. The summed E-state index contributed by atoms with van der Waals surface area (Å²) in [4.78, 5) is 11.5. The Morgan fingerprint density at radius 1 is 1.39 bits per heavy atom. The predicted octanol–water partition coefficient (Wildman–Crippen LogP) is 1.34. The number of rotatable bonds is 1. The highest BCUT2D eigenvalue weighted by atomic mass is 16.5. The van der Waals surface area contributed by atoms with Gasteiger partial charge >= 0.3 is 5.97 Å². The molecule has 0 aliphatic carbocycles. The third kappa shape index (κ3) is 2.55. The average Bonchev–Trinajstić information content (AvgIpc) is 2.40. The summed E-state index contributed by atoms with van der Waals surface area (Å²) in [5, 5.41) is 9.09. The third-order valence-electron chi connectivity index (χ3n) is 3.61. The molecule has 2 aliphatic heterocycles. The summed E-state index contributed by atoms with van der Waals surface area (Å²) in [6.07, 6.45) is 2.89. The van der Waals surface area contributed by atoms with E-state index in [2.05, 4.69) is 4.74 Å². The van der Waals surface area contributed by atoms with E-state index in [9.17, 15) is 4.79 Å². The van der Waals surface area contributed by atoms with Crippen LogP contribution in [0.1, 0.15) is 25.7 Å². The molecule has 2 heterocycles. The quantitative estimate of drug-likeness (QED) is 0.399. The van der Waals surface area contributed by atoms with Crippen LogP contribution in [0, 0.1) is 11.3 Å². The van der Waals surface area contributed by atoms with E-state index in [1.54, 1.807) is 0 Å². The van der Waals surface area contributed by atoms with Gasteiger partial charge in [0.1, 0.15) is 11.6 Å². The molecule has 0 radical (unpaired) electrons. The minimum Gasteiger partial charge on any atom is -0.465 e. The van der Waals surface area contributed by atoms with Crippen LogP contribution < -0.4 is 0 Å². The van der Waals surface area contributed by atoms with Crippen molar-refractivity contribution >= 4 is 5.97 Å². The van der Waals surface area contributed by atoms with Crippen LogP contribution in [0.25, 0.3) is 0 Å². The minimum atomic E-state index is -0.545. The highest BCUT2D eigenvalue weighted by Crippen LogP contribution is 2.37. The molecule has 2 fully saturated rings. The Kier molecular flexibility index (Phi) is 4.00. The summed E-state index contributed by atoms with van der Waals surface area (Å²) >= 11 is 0. The van der Waals surface area contributed by atoms with Gasteiger partial charge in [0.05, 0.1) is 19.3 Å². The zero-order valence-corrected chi connectivity index (χ0v) is 10.5. The first-order chi connectivity index (χ1) is 8.71. The van der Waals surface area contributed by atoms with Crippen LogP contribution in [0.3, 0.4) is 0 Å². The smallest absolute Gasteiger partial charge is 0.348 e. The number of methoxy groups -OCH3 is 1. The van der Waals surface area contributed by atoms with E-state index < -0.39 is 5.97 Å². The van der Waals surface area contributed by atoms with Gasteiger partial charge in [0.25, 0.3) is 0 Å². The second-order valence-electron chi connectivity index (χ2n) is 4.65. The molecule has 0 unspecified atom stereocenters. The number of ether oxygens (including phenoxy) is 3. The van der Waals surface area contributed by atoms with Gasteiger partial charge in [0.2, 0.25) is 0 Å². The van der Waals surface area contributed by atoms with Crippen LogP contribution in [0.15, 0.2) is 11.1 Å². The lowest BCUT2D eigenvalue weighted by atomic mass is 9.82. The topological polar surface area (TPSA) is 68.6 Å². The Balaban J connectivity index is 2.21. The lowest BCUT2D eigenvalue weighted by Gasteiger charge is -2.41. The summed E-state index contributed by atoms with van der Waals surface area (Å²) in [5.41, 5.74) is 0.756. The lowest BCUT2D eigenvalue weighted by molar-refractivity contribution is -0.136. The molecule has 2 saturated heterocycles. The van der Waals surface area contributed by atoms with Crippen LogP contribution in [-0.4, -0.2) is 38.5 Å². The van der Waals surface area contributed by atoms with Crippen LogP contribution in [0.4, 0.5) is 0 Å². The number of esters is 1. The van der Waals surface area contributed by atoms with Gasteiger partial charge in [-0.15, -0.1) is 0 Å². The highest BCUT2D eigenvalue weighted by Gasteiger charge is 2.38. The molecule has 0 bridgehead atoms. The molecule has 0 amide bonds. The standard InChI is InChI=1S/C13H17NO4/c1-16-12(15)11(9-14)10-2-5-18-13(8-10)3-6-17-7-4-13/h2-8H2,1H3. The SMILES string of the molecule is COC(=O)C(C#N)=C1CCOC2(CCOCC2)C1. The third-order valence-corrected chi connectivity index (χ3v) is 3.61. The van der Waals surface area contributed by atoms with Crippen molar-refractivity contribution in [2.24, 2.45) is 0 Å². The number of nitrogens with zero attached hydrogens (tertiary/aromatic N) is 1. The fraction of sp³-hybridized carbons (Fsp3) is 0.692. The Labute approximate surface area is 106 Å². The molecule has 98 valence electrons. The van der Waals surface area contributed by atoms with Gasteiger partial charge < -0.3 is 14.2 Å². The molecule has 0 saturated carbocycles. The number of carbonyl (C=O) groups is 1. The van der Waals surface area contributed by atoms with E-state index in [0.717, 1.165) is 18.4 Å². The summed E-state index contributed by atoms with van der Waals surface area (Å²) in [7, 11) is 1.30. The van der Waals surface area contributed by atoms with E-state index >= 15 is 0 Å². The maximum absolute atomic E-state index is 11.5. The molecule has 5 nitrogen and oxygen atoms in total. The molecule has 18 heavy (non-hydrogen) atoms. The molecular weight excluding hydrogens is 234 g/mol. The zero-order valence-electron chi connectivity index (χ0n) is 10.5. The van der Waals surface area contributed by atoms with Crippen LogP contribution >= 0.6 is 0 Å². The maximum atomic E-state index is 11.5. The Hall–Kier alpha value is -1.38. The largest absolute Gasteiger partial charge is 0.465 e. The molecule has 2 rings (SSSR count). The van der Waals surface area contributed by atoms with Crippen LogP contribution in [0.2, 0.25) is 0 Å². The number of nitriles is 1. The summed E-state index contributed by atoms with van der Waals surface area (Å²) in [5.74, 6) is -0.545. The minimum absolute atomic E-state index is 0.145. The normalized spacial score (nSPS) is 25.3. The second kappa shape index (κ2) is 5.51. The summed E-state index contributed by atoms with van der Waals surface area (Å²) < 4.78 is 15.9. The van der Waals surface area contributed by atoms with E-state index in [1.807, 2.05) is 6.07 Å². The van der Waals surface area contributed by atoms with Crippen molar-refractivity contribution in [3.8, 4) is 6.07 Å². The molecule has 5 heteroatoms. The number of hydrogen-bond acceptors (Lipinski definition) is 5. The van der Waals surface area contributed by atoms with Gasteiger partial charge in [0.15, 0.2) is 0 Å². The summed E-state index contributed by atoms with van der Waals surface area (Å²) in [6.45, 7) is 1.90. The zero-order chi connectivity index (χ0) is 13.0. The van der Waals surface area contributed by atoms with E-state index in [1.165, 1.54) is 7.11 Å². The molecule has 0 aromatic carbocycles. The molecule has 0 N–H and O–H groups in total. The van der Waals surface area contributed by atoms with Crippen molar-refractivity contribution in [1.82, 2.24) is 0 Å². The number of carbonyl (C=O) groups excluding carboxylic acids is 1. The van der Waals surface area contributed by atoms with Crippen molar-refractivity contribution in [3.63, 3.8) is 0 Å². The first-order valence-electron chi connectivity index (χ1n) is 6.13. The van der Waals surface area contributed by atoms with Gasteiger partial charge in [-0.25, -0.2) is 4.79 Å². The average molecular weight is 251 g/mol. The Bertz CT molecular complexity index is 396. The first-order valence-corrected chi connectivity index (χ1v) is 6.13. The molecular formula is C13H17NO4. The van der Waals surface area contributed by atoms with Crippen molar-refractivity contribution in [1.29, 1.82) is 5.26 Å². The second-order valence-corrected chi connectivity index (χ2v) is 4.65. The van der Waals surface area contributed by atoms with Crippen LogP contribution in [-0.2, 0) is 19.0 Å². The fourth-order valence-corrected chi connectivity index (χ4v) is 2.57. The van der Waals surface area contributed by atoms with E-state index in [-0.39, 0.29) is 11.2 Å². The van der Waals surface area contributed by atoms with E-state index in [0.29, 0.717) is 32.7 Å². The molecule has 0 aromatic heterocycles. The van der Waals surface area contributed by atoms with Gasteiger partial charge in [0, 0.05) is 26.1 Å². The summed E-state index contributed by atoms with van der Waals surface area (Å²) in [6, 6.07) is 1.96. The molecule has 1 spiro atoms. The molecule has 0 aromatic rings. The first kappa shape index (κ1) is 13.1. The molecule has 2 aliphatic rings. The van der Waals surface area contributed by atoms with E-state index in [4.69, 9.17) is 14.7 Å². The van der Waals surface area contributed by atoms with Crippen molar-refractivity contribution in [2.75, 3.05) is 26.9 Å². The van der Waals surface area contributed by atoms with Gasteiger partial charge in [-0.1, -0.05) is 0 Å². The van der Waals surface area contributed by atoms with Gasteiger partial charge in [-0.3, -0.25) is 0 Å². The maximum Gasteiger partial charge on any atom is 0.348 e. The lowest BCUT2D eigenvalue weighted by Crippen LogP contribution is -2.42. The van der Waals surface area contributed by atoms with Crippen molar-refractivity contribution in [2.45, 2.75) is 31.3 Å². The highest BCUT2D eigenvalue weighted by molar-refractivity contribution is 5.93.